The Kier molecular flexibility index (Phi) is 4.05. The molecule has 0 aliphatic carbocycles. The van der Waals surface area contributed by atoms with Crippen LogP contribution in [0.25, 0.3) is 22.0 Å². The zero-order valence-electron chi connectivity index (χ0n) is 12.6. The van der Waals surface area contributed by atoms with Gasteiger partial charge in [-0.25, -0.2) is 9.18 Å². The number of hydrogen-bond acceptors (Lipinski definition) is 3. The Morgan fingerprint density at radius 3 is 2.83 bits per heavy atom. The average molecular weight is 333 g/mol. The van der Waals surface area contributed by atoms with Gasteiger partial charge in [0.1, 0.15) is 5.82 Å². The van der Waals surface area contributed by atoms with E-state index in [4.69, 9.17) is 16.3 Å². The predicted octanol–water partition coefficient (Wildman–Crippen LogP) is 4.21. The highest BCUT2D eigenvalue weighted by molar-refractivity contribution is 6.32. The molecule has 1 aromatic heterocycles. The minimum Gasteiger partial charge on any atom is -0.462 e. The quantitative estimate of drug-likeness (QED) is 0.675. The maximum absolute atomic E-state index is 13.6. The van der Waals surface area contributed by atoms with Crippen LogP contribution in [0, 0.1) is 5.82 Å². The number of ether oxygens (including phenoxy) is 1. The molecular weight excluding hydrogens is 319 g/mol. The maximum Gasteiger partial charge on any atom is 0.338 e. The van der Waals surface area contributed by atoms with Crippen molar-refractivity contribution in [1.82, 2.24) is 9.78 Å². The number of aryl methyl sites for hydroxylation is 1. The molecule has 118 valence electrons. The molecule has 0 atom stereocenters. The molecule has 3 rings (SSSR count). The fourth-order valence-corrected chi connectivity index (χ4v) is 2.78. The second-order valence-electron chi connectivity index (χ2n) is 5.06. The molecule has 23 heavy (non-hydrogen) atoms. The highest BCUT2D eigenvalue weighted by Gasteiger charge is 2.18. The smallest absolute Gasteiger partial charge is 0.338 e. The van der Waals surface area contributed by atoms with E-state index in [1.54, 1.807) is 43.0 Å². The van der Waals surface area contributed by atoms with Gasteiger partial charge < -0.3 is 4.74 Å². The summed E-state index contributed by atoms with van der Waals surface area (Å²) in [6, 6.07) is 7.57. The first-order chi connectivity index (χ1) is 11.0. The standard InChI is InChI=1S/C17H14ClFN2O2/c1-3-23-17(22)14-8-11(19)4-5-12(14)13-6-10(18)7-16-15(13)9-20-21(16)2/h4-9H,3H2,1-2H3. The van der Waals surface area contributed by atoms with Crippen LogP contribution in [0.5, 0.6) is 0 Å². The average Bonchev–Trinajstić information content (AvgIpc) is 2.88. The SMILES string of the molecule is CCOC(=O)c1cc(F)ccc1-c1cc(Cl)cc2c1cnn2C. The van der Waals surface area contributed by atoms with E-state index in [0.717, 1.165) is 10.9 Å². The van der Waals surface area contributed by atoms with Gasteiger partial charge in [0.25, 0.3) is 0 Å². The van der Waals surface area contributed by atoms with Crippen LogP contribution >= 0.6 is 11.6 Å². The summed E-state index contributed by atoms with van der Waals surface area (Å²) in [4.78, 5) is 12.2. The number of esters is 1. The summed E-state index contributed by atoms with van der Waals surface area (Å²) < 4.78 is 20.3. The second-order valence-corrected chi connectivity index (χ2v) is 5.50. The number of fused-ring (bicyclic) bond motifs is 1. The third kappa shape index (κ3) is 2.80. The molecule has 0 radical (unpaired) electrons. The van der Waals surface area contributed by atoms with Crippen molar-refractivity contribution in [2.75, 3.05) is 6.61 Å². The van der Waals surface area contributed by atoms with Crippen molar-refractivity contribution in [3.05, 3.63) is 52.9 Å². The third-order valence-electron chi connectivity index (χ3n) is 3.60. The first-order valence-electron chi connectivity index (χ1n) is 7.09. The van der Waals surface area contributed by atoms with Gasteiger partial charge in [0.2, 0.25) is 0 Å². The number of aromatic nitrogens is 2. The van der Waals surface area contributed by atoms with Crippen LogP contribution in [0.2, 0.25) is 5.02 Å². The van der Waals surface area contributed by atoms with Crippen molar-refractivity contribution >= 4 is 28.5 Å². The van der Waals surface area contributed by atoms with Crippen molar-refractivity contribution in [3.63, 3.8) is 0 Å². The van der Waals surface area contributed by atoms with Gasteiger partial charge in [0, 0.05) is 17.5 Å². The molecule has 0 saturated carbocycles. The van der Waals surface area contributed by atoms with E-state index in [9.17, 15) is 9.18 Å². The molecule has 1 heterocycles. The molecule has 0 aliphatic heterocycles. The Morgan fingerprint density at radius 1 is 1.30 bits per heavy atom. The van der Waals surface area contributed by atoms with E-state index >= 15 is 0 Å². The summed E-state index contributed by atoms with van der Waals surface area (Å²) in [5, 5.41) is 5.56. The summed E-state index contributed by atoms with van der Waals surface area (Å²) >= 11 is 6.20. The van der Waals surface area contributed by atoms with Gasteiger partial charge in [-0.2, -0.15) is 5.10 Å². The highest BCUT2D eigenvalue weighted by atomic mass is 35.5. The van der Waals surface area contributed by atoms with E-state index in [0.29, 0.717) is 16.1 Å². The molecule has 0 saturated heterocycles. The monoisotopic (exact) mass is 332 g/mol. The van der Waals surface area contributed by atoms with E-state index < -0.39 is 11.8 Å². The number of carbonyl (C=O) groups is 1. The number of rotatable bonds is 3. The van der Waals surface area contributed by atoms with Crippen LogP contribution in [0.3, 0.4) is 0 Å². The first-order valence-corrected chi connectivity index (χ1v) is 7.47. The Hall–Kier alpha value is -2.40. The van der Waals surface area contributed by atoms with E-state index in [2.05, 4.69) is 5.10 Å². The lowest BCUT2D eigenvalue weighted by atomic mass is 9.97. The van der Waals surface area contributed by atoms with Crippen molar-refractivity contribution < 1.29 is 13.9 Å². The summed E-state index contributed by atoms with van der Waals surface area (Å²) in [5.74, 6) is -1.07. The summed E-state index contributed by atoms with van der Waals surface area (Å²) in [5.41, 5.74) is 2.26. The van der Waals surface area contributed by atoms with E-state index in [-0.39, 0.29) is 12.2 Å². The van der Waals surface area contributed by atoms with Crippen LogP contribution in [-0.4, -0.2) is 22.4 Å². The Balaban J connectivity index is 2.29. The lowest BCUT2D eigenvalue weighted by molar-refractivity contribution is 0.0526. The molecule has 3 aromatic rings. The van der Waals surface area contributed by atoms with Crippen molar-refractivity contribution in [2.24, 2.45) is 7.05 Å². The van der Waals surface area contributed by atoms with Gasteiger partial charge in [-0.15, -0.1) is 0 Å². The molecule has 4 nitrogen and oxygen atoms in total. The Labute approximate surface area is 137 Å². The van der Waals surface area contributed by atoms with Crippen LogP contribution in [0.15, 0.2) is 36.5 Å². The predicted molar refractivity (Wildman–Crippen MR) is 87.1 cm³/mol. The minimum absolute atomic E-state index is 0.166. The van der Waals surface area contributed by atoms with E-state index in [1.807, 2.05) is 0 Å². The molecule has 0 fully saturated rings. The van der Waals surface area contributed by atoms with Crippen LogP contribution < -0.4 is 0 Å². The van der Waals surface area contributed by atoms with Gasteiger partial charge in [-0.3, -0.25) is 4.68 Å². The number of halogens is 2. The largest absolute Gasteiger partial charge is 0.462 e. The number of benzene rings is 2. The topological polar surface area (TPSA) is 44.1 Å². The van der Waals surface area contributed by atoms with Gasteiger partial charge in [-0.05, 0) is 42.3 Å². The maximum atomic E-state index is 13.6. The van der Waals surface area contributed by atoms with E-state index in [1.165, 1.54) is 12.1 Å². The molecular formula is C17H14ClFN2O2. The Morgan fingerprint density at radius 2 is 2.09 bits per heavy atom. The van der Waals surface area contributed by atoms with Crippen LogP contribution in [0.4, 0.5) is 4.39 Å². The minimum atomic E-state index is -0.570. The van der Waals surface area contributed by atoms with Crippen molar-refractivity contribution in [1.29, 1.82) is 0 Å². The normalized spacial score (nSPS) is 11.0. The van der Waals surface area contributed by atoms with Gasteiger partial charge in [0.05, 0.1) is 23.9 Å². The second kappa shape index (κ2) is 6.01. The molecule has 0 unspecified atom stereocenters. The summed E-state index contributed by atoms with van der Waals surface area (Å²) in [7, 11) is 1.80. The summed E-state index contributed by atoms with van der Waals surface area (Å²) in [6.07, 6.45) is 1.69. The number of carbonyl (C=O) groups excluding carboxylic acids is 1. The first kappa shape index (κ1) is 15.5. The molecule has 0 amide bonds. The Bertz CT molecular complexity index is 905. The molecule has 0 N–H and O–H groups in total. The molecule has 0 bridgehead atoms. The molecule has 6 heteroatoms. The van der Waals surface area contributed by atoms with Gasteiger partial charge >= 0.3 is 5.97 Å². The van der Waals surface area contributed by atoms with Gasteiger partial charge in [-0.1, -0.05) is 17.7 Å². The summed E-state index contributed by atoms with van der Waals surface area (Å²) in [6.45, 7) is 1.92. The number of hydrogen-bond donors (Lipinski definition) is 0. The van der Waals surface area contributed by atoms with Gasteiger partial charge in [0.15, 0.2) is 0 Å². The fraction of sp³-hybridized carbons (Fsp3) is 0.176. The van der Waals surface area contributed by atoms with Crippen LogP contribution in [-0.2, 0) is 11.8 Å². The van der Waals surface area contributed by atoms with Crippen molar-refractivity contribution in [2.45, 2.75) is 6.92 Å². The van der Waals surface area contributed by atoms with Crippen molar-refractivity contribution in [3.8, 4) is 11.1 Å². The van der Waals surface area contributed by atoms with Crippen LogP contribution in [0.1, 0.15) is 17.3 Å². The molecule has 0 spiro atoms. The third-order valence-corrected chi connectivity index (χ3v) is 3.82. The fourth-order valence-electron chi connectivity index (χ4n) is 2.57. The lowest BCUT2D eigenvalue weighted by Crippen LogP contribution is -2.07. The zero-order chi connectivity index (χ0) is 16.6. The number of nitrogens with zero attached hydrogens (tertiary/aromatic N) is 2. The lowest BCUT2D eigenvalue weighted by Gasteiger charge is -2.11. The zero-order valence-corrected chi connectivity index (χ0v) is 13.4. The molecule has 0 aliphatic rings. The highest BCUT2D eigenvalue weighted by Crippen LogP contribution is 2.34. The molecule has 2 aromatic carbocycles.